The third-order valence-corrected chi connectivity index (χ3v) is 5.28. The number of aromatic nitrogens is 2. The molecule has 124 valence electrons. The van der Waals surface area contributed by atoms with Gasteiger partial charge >= 0.3 is 0 Å². The Bertz CT molecular complexity index is 826. The van der Waals surface area contributed by atoms with Gasteiger partial charge in [0.1, 0.15) is 0 Å². The number of aryl methyl sites for hydroxylation is 1. The molecule has 5 nitrogen and oxygen atoms in total. The Kier molecular flexibility index (Phi) is 5.22. The summed E-state index contributed by atoms with van der Waals surface area (Å²) in [4.78, 5) is 21.5. The molecule has 2 aromatic heterocycles. The van der Waals surface area contributed by atoms with Crippen molar-refractivity contribution in [3.63, 3.8) is 0 Å². The van der Waals surface area contributed by atoms with Crippen LogP contribution in [-0.4, -0.2) is 15.9 Å². The van der Waals surface area contributed by atoms with E-state index < -0.39 is 0 Å². The Morgan fingerprint density at radius 2 is 1.96 bits per heavy atom. The predicted molar refractivity (Wildman–Crippen MR) is 101 cm³/mol. The number of carbonyl (C=O) groups excluding carboxylic acids is 1. The molecule has 0 saturated carbocycles. The first-order chi connectivity index (χ1) is 11.7. The average Bonchev–Trinajstić information content (AvgIpc) is 3.20. The van der Waals surface area contributed by atoms with Crippen molar-refractivity contribution in [1.82, 2.24) is 9.97 Å². The van der Waals surface area contributed by atoms with Crippen LogP contribution in [0.3, 0.4) is 0 Å². The van der Waals surface area contributed by atoms with Gasteiger partial charge in [0, 0.05) is 18.3 Å². The number of thiazole rings is 2. The second-order valence-corrected chi connectivity index (χ2v) is 7.07. The van der Waals surface area contributed by atoms with Crippen molar-refractivity contribution in [2.75, 3.05) is 10.6 Å². The highest BCUT2D eigenvalue weighted by molar-refractivity contribution is 7.19. The van der Waals surface area contributed by atoms with Crippen molar-refractivity contribution < 1.29 is 4.79 Å². The zero-order valence-corrected chi connectivity index (χ0v) is 15.1. The molecule has 7 heteroatoms. The molecule has 1 amide bonds. The number of nitrogens with zero attached hydrogens (tertiary/aromatic N) is 2. The van der Waals surface area contributed by atoms with E-state index in [9.17, 15) is 4.79 Å². The van der Waals surface area contributed by atoms with E-state index in [4.69, 9.17) is 0 Å². The van der Waals surface area contributed by atoms with E-state index >= 15 is 0 Å². The summed E-state index contributed by atoms with van der Waals surface area (Å²) in [6.45, 7) is 4.50. The Morgan fingerprint density at radius 3 is 2.71 bits per heavy atom. The van der Waals surface area contributed by atoms with Crippen LogP contribution < -0.4 is 10.6 Å². The average molecular weight is 358 g/mol. The molecular weight excluding hydrogens is 340 g/mol. The summed E-state index contributed by atoms with van der Waals surface area (Å²) in [5.41, 5.74) is 2.99. The zero-order valence-electron chi connectivity index (χ0n) is 13.5. The molecule has 0 unspecified atom stereocenters. The van der Waals surface area contributed by atoms with Crippen LogP contribution in [0.25, 0.3) is 10.6 Å². The van der Waals surface area contributed by atoms with Gasteiger partial charge in [0.15, 0.2) is 10.3 Å². The van der Waals surface area contributed by atoms with E-state index in [1.807, 2.05) is 37.4 Å². The molecule has 0 spiro atoms. The molecule has 0 saturated heterocycles. The summed E-state index contributed by atoms with van der Waals surface area (Å²) < 4.78 is 0. The number of benzene rings is 1. The third-order valence-electron chi connectivity index (χ3n) is 3.39. The Hall–Kier alpha value is -2.25. The number of anilines is 2. The predicted octanol–water partition coefficient (Wildman–Crippen LogP) is 4.54. The fourth-order valence-electron chi connectivity index (χ4n) is 2.13. The molecule has 3 aromatic rings. The summed E-state index contributed by atoms with van der Waals surface area (Å²) in [5.74, 6) is -0.0289. The van der Waals surface area contributed by atoms with Gasteiger partial charge in [-0.2, -0.15) is 0 Å². The van der Waals surface area contributed by atoms with Gasteiger partial charge < -0.3 is 10.6 Å². The van der Waals surface area contributed by atoms with E-state index in [0.29, 0.717) is 11.6 Å². The topological polar surface area (TPSA) is 66.9 Å². The summed E-state index contributed by atoms with van der Waals surface area (Å²) in [6.07, 6.45) is 0.443. The number of carbonyl (C=O) groups is 1. The first-order valence-electron chi connectivity index (χ1n) is 7.66. The number of amides is 1. The smallest absolute Gasteiger partial charge is 0.225 e. The summed E-state index contributed by atoms with van der Waals surface area (Å²) in [7, 11) is 0. The Balaban J connectivity index is 1.70. The Labute approximate surface area is 148 Å². The minimum absolute atomic E-state index is 0.0289. The van der Waals surface area contributed by atoms with Gasteiger partial charge in [-0.1, -0.05) is 48.6 Å². The molecule has 0 bridgehead atoms. The molecule has 0 radical (unpaired) electrons. The van der Waals surface area contributed by atoms with Gasteiger partial charge in [-0.25, -0.2) is 9.97 Å². The molecular formula is C17H18N4OS2. The van der Waals surface area contributed by atoms with Crippen LogP contribution in [0.15, 0.2) is 35.7 Å². The van der Waals surface area contributed by atoms with Crippen molar-refractivity contribution in [3.8, 4) is 10.6 Å². The second-order valence-electron chi connectivity index (χ2n) is 5.21. The summed E-state index contributed by atoms with van der Waals surface area (Å²) >= 11 is 3.03. The number of rotatable bonds is 6. The monoisotopic (exact) mass is 358 g/mol. The highest BCUT2D eigenvalue weighted by Crippen LogP contribution is 2.34. The molecule has 3 rings (SSSR count). The SMILES string of the molecule is CCC(=O)Nc1nc(C)c(-c2csc(NCc3ccccc3)n2)s1. The number of nitrogens with one attached hydrogen (secondary N) is 2. The fourth-order valence-corrected chi connectivity index (χ4v) is 3.85. The molecule has 0 aliphatic heterocycles. The quantitative estimate of drug-likeness (QED) is 0.679. The first kappa shape index (κ1) is 16.6. The lowest BCUT2D eigenvalue weighted by molar-refractivity contribution is -0.115. The minimum Gasteiger partial charge on any atom is -0.357 e. The number of hydrogen-bond acceptors (Lipinski definition) is 6. The maximum atomic E-state index is 11.5. The van der Waals surface area contributed by atoms with Crippen LogP contribution in [0.4, 0.5) is 10.3 Å². The van der Waals surface area contributed by atoms with Crippen molar-refractivity contribution in [2.45, 2.75) is 26.8 Å². The lowest BCUT2D eigenvalue weighted by atomic mass is 10.2. The minimum atomic E-state index is -0.0289. The van der Waals surface area contributed by atoms with Gasteiger partial charge in [-0.3, -0.25) is 4.79 Å². The fraction of sp³-hybridized carbons (Fsp3) is 0.235. The van der Waals surface area contributed by atoms with E-state index in [-0.39, 0.29) is 5.91 Å². The van der Waals surface area contributed by atoms with Crippen molar-refractivity contribution in [1.29, 1.82) is 0 Å². The molecule has 2 heterocycles. The number of hydrogen-bond donors (Lipinski definition) is 2. The van der Waals surface area contributed by atoms with Gasteiger partial charge in [-0.15, -0.1) is 11.3 Å². The van der Waals surface area contributed by atoms with Crippen LogP contribution in [0.2, 0.25) is 0 Å². The van der Waals surface area contributed by atoms with E-state index in [2.05, 4.69) is 32.7 Å². The van der Waals surface area contributed by atoms with Crippen LogP contribution in [0.5, 0.6) is 0 Å². The van der Waals surface area contributed by atoms with E-state index in [1.54, 1.807) is 11.3 Å². The lowest BCUT2D eigenvalue weighted by Crippen LogP contribution is -2.08. The van der Waals surface area contributed by atoms with Gasteiger partial charge in [-0.05, 0) is 12.5 Å². The standard InChI is InChI=1S/C17H18N4OS2/c1-3-14(22)21-17-19-11(2)15(24-17)13-10-23-16(20-13)18-9-12-7-5-4-6-8-12/h4-8,10H,3,9H2,1-2H3,(H,18,20)(H,19,21,22). The summed E-state index contributed by atoms with van der Waals surface area (Å²) in [6, 6.07) is 10.2. The van der Waals surface area contributed by atoms with Crippen molar-refractivity contribution in [2.24, 2.45) is 0 Å². The Morgan fingerprint density at radius 1 is 1.17 bits per heavy atom. The molecule has 2 N–H and O–H groups in total. The van der Waals surface area contributed by atoms with E-state index in [0.717, 1.165) is 27.9 Å². The van der Waals surface area contributed by atoms with E-state index in [1.165, 1.54) is 16.9 Å². The van der Waals surface area contributed by atoms with Crippen LogP contribution in [-0.2, 0) is 11.3 Å². The molecule has 24 heavy (non-hydrogen) atoms. The molecule has 0 aliphatic carbocycles. The highest BCUT2D eigenvalue weighted by Gasteiger charge is 2.14. The molecule has 0 fully saturated rings. The van der Waals surface area contributed by atoms with Crippen molar-refractivity contribution in [3.05, 3.63) is 47.0 Å². The van der Waals surface area contributed by atoms with Crippen LogP contribution in [0.1, 0.15) is 24.6 Å². The maximum absolute atomic E-state index is 11.5. The molecule has 0 atom stereocenters. The normalized spacial score (nSPS) is 10.6. The largest absolute Gasteiger partial charge is 0.357 e. The van der Waals surface area contributed by atoms with Gasteiger partial charge in [0.25, 0.3) is 0 Å². The lowest BCUT2D eigenvalue weighted by Gasteiger charge is -2.01. The van der Waals surface area contributed by atoms with Crippen molar-refractivity contribution >= 4 is 38.8 Å². The van der Waals surface area contributed by atoms with Crippen LogP contribution in [0, 0.1) is 6.92 Å². The van der Waals surface area contributed by atoms with Gasteiger partial charge in [0.2, 0.25) is 5.91 Å². The van der Waals surface area contributed by atoms with Gasteiger partial charge in [0.05, 0.1) is 16.3 Å². The summed E-state index contributed by atoms with van der Waals surface area (Å²) in [5, 5.41) is 9.66. The zero-order chi connectivity index (χ0) is 16.9. The van der Waals surface area contributed by atoms with Crippen LogP contribution >= 0.6 is 22.7 Å². The molecule has 0 aliphatic rings. The highest BCUT2D eigenvalue weighted by atomic mass is 32.1. The third kappa shape index (κ3) is 3.98. The molecule has 1 aromatic carbocycles. The second kappa shape index (κ2) is 7.55. The first-order valence-corrected chi connectivity index (χ1v) is 9.36. The maximum Gasteiger partial charge on any atom is 0.225 e.